The quantitative estimate of drug-likeness (QED) is 0.654. The molecule has 0 spiro atoms. The van der Waals surface area contributed by atoms with Crippen LogP contribution in [0.25, 0.3) is 0 Å². The van der Waals surface area contributed by atoms with Gasteiger partial charge in [0.15, 0.2) is 0 Å². The molecule has 2 nitrogen and oxygen atoms in total. The predicted molar refractivity (Wildman–Crippen MR) is 60.2 cm³/mol. The SMILES string of the molecule is CC1CN(C)CCN1C1=CC=C(F)CC1. The van der Waals surface area contributed by atoms with Crippen LogP contribution in [0.2, 0.25) is 0 Å². The maximum absolute atomic E-state index is 12.9. The van der Waals surface area contributed by atoms with Gasteiger partial charge < -0.3 is 9.80 Å². The molecule has 0 saturated carbocycles. The molecule has 1 saturated heterocycles. The van der Waals surface area contributed by atoms with Crippen LogP contribution in [-0.4, -0.2) is 42.5 Å². The van der Waals surface area contributed by atoms with E-state index in [2.05, 4.69) is 23.8 Å². The fourth-order valence-electron chi connectivity index (χ4n) is 2.41. The number of likely N-dealkylation sites (N-methyl/N-ethyl adjacent to an activating group) is 1. The fraction of sp³-hybridized carbons (Fsp3) is 0.667. The van der Waals surface area contributed by atoms with Gasteiger partial charge >= 0.3 is 0 Å². The molecule has 15 heavy (non-hydrogen) atoms. The Bertz CT molecular complexity index is 296. The number of halogens is 1. The summed E-state index contributed by atoms with van der Waals surface area (Å²) in [6.07, 6.45) is 4.99. The second-order valence-electron chi connectivity index (χ2n) is 4.58. The van der Waals surface area contributed by atoms with Gasteiger partial charge in [-0.25, -0.2) is 4.39 Å². The summed E-state index contributed by atoms with van der Waals surface area (Å²) >= 11 is 0. The Morgan fingerprint density at radius 1 is 1.27 bits per heavy atom. The topological polar surface area (TPSA) is 6.48 Å². The molecule has 3 heteroatoms. The van der Waals surface area contributed by atoms with Crippen LogP contribution < -0.4 is 0 Å². The van der Waals surface area contributed by atoms with Crippen molar-refractivity contribution in [2.45, 2.75) is 25.8 Å². The van der Waals surface area contributed by atoms with Crippen LogP contribution in [-0.2, 0) is 0 Å². The molecule has 0 N–H and O–H groups in total. The van der Waals surface area contributed by atoms with E-state index in [-0.39, 0.29) is 5.83 Å². The van der Waals surface area contributed by atoms with Gasteiger partial charge in [-0.05, 0) is 32.5 Å². The molecule has 0 aromatic rings. The summed E-state index contributed by atoms with van der Waals surface area (Å²) in [5.74, 6) is 0.0144. The van der Waals surface area contributed by atoms with Gasteiger partial charge in [-0.15, -0.1) is 0 Å². The molecule has 0 aromatic carbocycles. The van der Waals surface area contributed by atoms with Crippen molar-refractivity contribution < 1.29 is 4.39 Å². The van der Waals surface area contributed by atoms with Gasteiger partial charge in [0, 0.05) is 37.8 Å². The molecule has 0 aromatic heterocycles. The normalized spacial score (nSPS) is 28.7. The van der Waals surface area contributed by atoms with Crippen LogP contribution in [0.3, 0.4) is 0 Å². The van der Waals surface area contributed by atoms with Crippen LogP contribution >= 0.6 is 0 Å². The third-order valence-electron chi connectivity index (χ3n) is 3.28. The molecule has 0 radical (unpaired) electrons. The molecular weight excluding hydrogens is 191 g/mol. The van der Waals surface area contributed by atoms with E-state index in [1.807, 2.05) is 6.08 Å². The number of piperazine rings is 1. The Morgan fingerprint density at radius 2 is 2.07 bits per heavy atom. The van der Waals surface area contributed by atoms with E-state index >= 15 is 0 Å². The molecule has 1 fully saturated rings. The van der Waals surface area contributed by atoms with Crippen molar-refractivity contribution in [2.24, 2.45) is 0 Å². The zero-order valence-corrected chi connectivity index (χ0v) is 9.54. The van der Waals surface area contributed by atoms with E-state index in [1.54, 1.807) is 6.08 Å². The molecular formula is C12H19FN2. The van der Waals surface area contributed by atoms with Crippen molar-refractivity contribution in [1.82, 2.24) is 9.80 Å². The highest BCUT2D eigenvalue weighted by molar-refractivity contribution is 5.20. The molecule has 1 heterocycles. The van der Waals surface area contributed by atoms with Crippen LogP contribution in [0, 0.1) is 0 Å². The van der Waals surface area contributed by atoms with Crippen molar-refractivity contribution in [2.75, 3.05) is 26.7 Å². The summed E-state index contributed by atoms with van der Waals surface area (Å²) in [5.41, 5.74) is 1.30. The standard InChI is InChI=1S/C12H19FN2/c1-10-9-14(2)7-8-15(10)12-5-3-11(13)4-6-12/h3,5,10H,4,6-9H2,1-2H3. The summed E-state index contributed by atoms with van der Waals surface area (Å²) < 4.78 is 12.9. The van der Waals surface area contributed by atoms with Gasteiger partial charge in [0.25, 0.3) is 0 Å². The maximum atomic E-state index is 12.9. The lowest BCUT2D eigenvalue weighted by atomic mass is 10.1. The molecule has 0 amide bonds. The zero-order chi connectivity index (χ0) is 10.8. The highest BCUT2D eigenvalue weighted by Crippen LogP contribution is 2.25. The van der Waals surface area contributed by atoms with Crippen LogP contribution in [0.1, 0.15) is 19.8 Å². The van der Waals surface area contributed by atoms with E-state index in [4.69, 9.17) is 0 Å². The van der Waals surface area contributed by atoms with E-state index in [0.29, 0.717) is 12.5 Å². The molecule has 2 rings (SSSR count). The first kappa shape index (κ1) is 10.7. The second-order valence-corrected chi connectivity index (χ2v) is 4.58. The number of allylic oxidation sites excluding steroid dienone is 4. The Hall–Kier alpha value is -0.830. The second kappa shape index (κ2) is 4.35. The number of rotatable bonds is 1. The van der Waals surface area contributed by atoms with Crippen LogP contribution in [0.4, 0.5) is 4.39 Å². The third kappa shape index (κ3) is 2.40. The molecule has 0 bridgehead atoms. The molecule has 1 aliphatic heterocycles. The minimum absolute atomic E-state index is 0.0144. The van der Waals surface area contributed by atoms with Crippen LogP contribution in [0.15, 0.2) is 23.7 Å². The fourth-order valence-corrected chi connectivity index (χ4v) is 2.41. The zero-order valence-electron chi connectivity index (χ0n) is 9.54. The predicted octanol–water partition coefficient (Wildman–Crippen LogP) is 2.15. The van der Waals surface area contributed by atoms with Gasteiger partial charge in [0.2, 0.25) is 0 Å². The van der Waals surface area contributed by atoms with Crippen molar-refractivity contribution in [3.8, 4) is 0 Å². The monoisotopic (exact) mass is 210 g/mol. The van der Waals surface area contributed by atoms with E-state index in [9.17, 15) is 4.39 Å². The van der Waals surface area contributed by atoms with E-state index in [1.165, 1.54) is 5.70 Å². The smallest absolute Gasteiger partial charge is 0.100 e. The Kier molecular flexibility index (Phi) is 3.10. The minimum Gasteiger partial charge on any atom is -0.370 e. The lowest BCUT2D eigenvalue weighted by molar-refractivity contribution is 0.127. The first-order valence-electron chi connectivity index (χ1n) is 5.67. The van der Waals surface area contributed by atoms with Gasteiger partial charge in [0.1, 0.15) is 5.83 Å². The highest BCUT2D eigenvalue weighted by Gasteiger charge is 2.23. The van der Waals surface area contributed by atoms with Crippen molar-refractivity contribution in [1.29, 1.82) is 0 Å². The average molecular weight is 210 g/mol. The van der Waals surface area contributed by atoms with Crippen molar-refractivity contribution >= 4 is 0 Å². The van der Waals surface area contributed by atoms with Gasteiger partial charge in [-0.3, -0.25) is 0 Å². The van der Waals surface area contributed by atoms with Gasteiger partial charge in [-0.1, -0.05) is 0 Å². The summed E-state index contributed by atoms with van der Waals surface area (Å²) in [5, 5.41) is 0. The largest absolute Gasteiger partial charge is 0.370 e. The molecule has 2 aliphatic rings. The van der Waals surface area contributed by atoms with Gasteiger partial charge in [0.05, 0.1) is 0 Å². The molecule has 1 atom stereocenters. The van der Waals surface area contributed by atoms with Gasteiger partial charge in [-0.2, -0.15) is 0 Å². The number of hydrogen-bond acceptors (Lipinski definition) is 2. The summed E-state index contributed by atoms with van der Waals surface area (Å²) in [6, 6.07) is 0.546. The first-order chi connectivity index (χ1) is 7.16. The van der Waals surface area contributed by atoms with E-state index < -0.39 is 0 Å². The average Bonchev–Trinajstić information content (AvgIpc) is 2.20. The Labute approximate surface area is 91.0 Å². The molecule has 1 unspecified atom stereocenters. The molecule has 84 valence electrons. The first-order valence-corrected chi connectivity index (χ1v) is 5.67. The lowest BCUT2D eigenvalue weighted by Crippen LogP contribution is -2.49. The van der Waals surface area contributed by atoms with Crippen molar-refractivity contribution in [3.63, 3.8) is 0 Å². The Morgan fingerprint density at radius 3 is 2.67 bits per heavy atom. The molecule has 1 aliphatic carbocycles. The number of nitrogens with zero attached hydrogens (tertiary/aromatic N) is 2. The summed E-state index contributed by atoms with van der Waals surface area (Å²) in [7, 11) is 2.16. The third-order valence-corrected chi connectivity index (χ3v) is 3.28. The highest BCUT2D eigenvalue weighted by atomic mass is 19.1. The minimum atomic E-state index is 0.0144. The van der Waals surface area contributed by atoms with Crippen LogP contribution in [0.5, 0.6) is 0 Å². The lowest BCUT2D eigenvalue weighted by Gasteiger charge is -2.41. The summed E-state index contributed by atoms with van der Waals surface area (Å²) in [4.78, 5) is 4.77. The summed E-state index contributed by atoms with van der Waals surface area (Å²) in [6.45, 7) is 5.52. The number of hydrogen-bond donors (Lipinski definition) is 0. The van der Waals surface area contributed by atoms with Crippen molar-refractivity contribution in [3.05, 3.63) is 23.7 Å². The Balaban J connectivity index is 2.05. The van der Waals surface area contributed by atoms with E-state index in [0.717, 1.165) is 26.1 Å². The maximum Gasteiger partial charge on any atom is 0.100 e.